The molecule has 5 nitrogen and oxygen atoms in total. The van der Waals surface area contributed by atoms with Crippen molar-refractivity contribution in [3.63, 3.8) is 0 Å². The lowest BCUT2D eigenvalue weighted by Crippen LogP contribution is -2.18. The van der Waals surface area contributed by atoms with E-state index in [9.17, 15) is 4.79 Å². The van der Waals surface area contributed by atoms with Gasteiger partial charge < -0.3 is 15.8 Å². The minimum Gasteiger partial charge on any atom is -0.438 e. The summed E-state index contributed by atoms with van der Waals surface area (Å²) in [5.74, 6) is 1.19. The Labute approximate surface area is 124 Å². The highest BCUT2D eigenvalue weighted by molar-refractivity contribution is 9.10. The quantitative estimate of drug-likeness (QED) is 0.885. The molecule has 0 unspecified atom stereocenters. The largest absolute Gasteiger partial charge is 0.438 e. The number of nitrogens with one attached hydrogen (secondary N) is 1. The highest BCUT2D eigenvalue weighted by Crippen LogP contribution is 2.32. The molecule has 0 spiro atoms. The summed E-state index contributed by atoms with van der Waals surface area (Å²) in [5, 5.41) is 2.83. The number of halogens is 1. The number of carbonyl (C=O) groups excluding carboxylic acids is 1. The van der Waals surface area contributed by atoms with Gasteiger partial charge >= 0.3 is 0 Å². The number of anilines is 2. The molecule has 2 aromatic rings. The maximum atomic E-state index is 11.3. The molecule has 20 heavy (non-hydrogen) atoms. The number of benzene rings is 1. The van der Waals surface area contributed by atoms with Crippen molar-refractivity contribution in [1.82, 2.24) is 4.98 Å². The number of pyridine rings is 1. The standard InChI is InChI=1S/C14H12BrN3O2/c15-11-6-9(16)7-17-14(11)20-10-2-3-12-8(5-10)1-4-13(19)18-12/h2-3,5-7H,1,4,16H2,(H,18,19). The fraction of sp³-hybridized carbons (Fsp3) is 0.143. The lowest BCUT2D eigenvalue weighted by Gasteiger charge is -2.17. The van der Waals surface area contributed by atoms with E-state index < -0.39 is 0 Å². The lowest BCUT2D eigenvalue weighted by molar-refractivity contribution is -0.116. The van der Waals surface area contributed by atoms with E-state index in [4.69, 9.17) is 10.5 Å². The van der Waals surface area contributed by atoms with Crippen LogP contribution in [-0.2, 0) is 11.2 Å². The van der Waals surface area contributed by atoms with Crippen molar-refractivity contribution in [3.8, 4) is 11.6 Å². The van der Waals surface area contributed by atoms with Crippen LogP contribution in [0.5, 0.6) is 11.6 Å². The number of fused-ring (bicyclic) bond motifs is 1. The molecule has 1 aliphatic heterocycles. The van der Waals surface area contributed by atoms with Gasteiger partial charge in [0.15, 0.2) is 0 Å². The van der Waals surface area contributed by atoms with E-state index in [1.54, 1.807) is 18.3 Å². The first-order valence-corrected chi connectivity index (χ1v) is 6.93. The Hall–Kier alpha value is -2.08. The topological polar surface area (TPSA) is 77.2 Å². The maximum Gasteiger partial charge on any atom is 0.233 e. The highest BCUT2D eigenvalue weighted by Gasteiger charge is 2.15. The Morgan fingerprint density at radius 3 is 2.95 bits per heavy atom. The van der Waals surface area contributed by atoms with Gasteiger partial charge in [-0.2, -0.15) is 0 Å². The van der Waals surface area contributed by atoms with Gasteiger partial charge in [-0.3, -0.25) is 4.79 Å². The number of nitrogen functional groups attached to an aromatic ring is 1. The van der Waals surface area contributed by atoms with Crippen LogP contribution in [0, 0.1) is 0 Å². The van der Waals surface area contributed by atoms with Crippen molar-refractivity contribution in [3.05, 3.63) is 40.5 Å². The molecule has 1 aliphatic rings. The van der Waals surface area contributed by atoms with Crippen LogP contribution in [0.1, 0.15) is 12.0 Å². The molecule has 102 valence electrons. The molecule has 1 aromatic heterocycles. The Morgan fingerprint density at radius 2 is 2.15 bits per heavy atom. The summed E-state index contributed by atoms with van der Waals surface area (Å²) in [6.07, 6.45) is 2.76. The predicted molar refractivity (Wildman–Crippen MR) is 79.8 cm³/mol. The van der Waals surface area contributed by atoms with Crippen LogP contribution in [0.2, 0.25) is 0 Å². The number of aromatic nitrogens is 1. The Kier molecular flexibility index (Phi) is 3.31. The highest BCUT2D eigenvalue weighted by atomic mass is 79.9. The SMILES string of the molecule is Nc1cnc(Oc2ccc3c(c2)CCC(=O)N3)c(Br)c1. The monoisotopic (exact) mass is 333 g/mol. The molecule has 0 atom stereocenters. The smallest absolute Gasteiger partial charge is 0.233 e. The van der Waals surface area contributed by atoms with Crippen LogP contribution in [-0.4, -0.2) is 10.9 Å². The van der Waals surface area contributed by atoms with E-state index in [0.717, 1.165) is 11.3 Å². The third kappa shape index (κ3) is 2.60. The Morgan fingerprint density at radius 1 is 1.30 bits per heavy atom. The number of nitrogens with zero attached hydrogens (tertiary/aromatic N) is 1. The molecular formula is C14H12BrN3O2. The van der Waals surface area contributed by atoms with Crippen molar-refractivity contribution in [1.29, 1.82) is 0 Å². The zero-order chi connectivity index (χ0) is 14.1. The van der Waals surface area contributed by atoms with Crippen molar-refractivity contribution in [2.75, 3.05) is 11.1 Å². The average molecular weight is 334 g/mol. The summed E-state index contributed by atoms with van der Waals surface area (Å²) in [6, 6.07) is 7.29. The van der Waals surface area contributed by atoms with Crippen LogP contribution in [0.25, 0.3) is 0 Å². The van der Waals surface area contributed by atoms with Gasteiger partial charge in [-0.1, -0.05) is 0 Å². The molecule has 0 bridgehead atoms. The third-order valence-corrected chi connectivity index (χ3v) is 3.58. The zero-order valence-corrected chi connectivity index (χ0v) is 12.1. The van der Waals surface area contributed by atoms with Crippen molar-refractivity contribution in [2.45, 2.75) is 12.8 Å². The zero-order valence-electron chi connectivity index (χ0n) is 10.5. The summed E-state index contributed by atoms with van der Waals surface area (Å²) in [7, 11) is 0. The Balaban J connectivity index is 1.86. The van der Waals surface area contributed by atoms with Crippen molar-refractivity contribution >= 4 is 33.2 Å². The van der Waals surface area contributed by atoms with E-state index in [2.05, 4.69) is 26.2 Å². The molecule has 3 rings (SSSR count). The summed E-state index contributed by atoms with van der Waals surface area (Å²) >= 11 is 3.36. The molecule has 2 heterocycles. The minimum absolute atomic E-state index is 0.0501. The number of ether oxygens (including phenoxy) is 1. The van der Waals surface area contributed by atoms with Crippen molar-refractivity contribution in [2.24, 2.45) is 0 Å². The van der Waals surface area contributed by atoms with Crippen LogP contribution in [0.15, 0.2) is 34.9 Å². The molecular weight excluding hydrogens is 322 g/mol. The summed E-state index contributed by atoms with van der Waals surface area (Å²) in [4.78, 5) is 15.4. The van der Waals surface area contributed by atoms with Gasteiger partial charge in [-0.15, -0.1) is 0 Å². The average Bonchev–Trinajstić information content (AvgIpc) is 2.42. The number of hydrogen-bond donors (Lipinski definition) is 2. The van der Waals surface area contributed by atoms with Crippen molar-refractivity contribution < 1.29 is 9.53 Å². The second-order valence-electron chi connectivity index (χ2n) is 4.52. The number of aryl methyl sites for hydroxylation is 1. The molecule has 6 heteroatoms. The second-order valence-corrected chi connectivity index (χ2v) is 5.38. The fourth-order valence-electron chi connectivity index (χ4n) is 2.05. The van der Waals surface area contributed by atoms with E-state index in [0.29, 0.717) is 34.6 Å². The molecule has 0 fully saturated rings. The Bertz CT molecular complexity index is 688. The molecule has 1 aromatic carbocycles. The number of amides is 1. The maximum absolute atomic E-state index is 11.3. The van der Waals surface area contributed by atoms with Gasteiger partial charge in [0.2, 0.25) is 11.8 Å². The summed E-state index contributed by atoms with van der Waals surface area (Å²) in [5.41, 5.74) is 8.11. The van der Waals surface area contributed by atoms with E-state index in [-0.39, 0.29) is 5.91 Å². The third-order valence-electron chi connectivity index (χ3n) is 3.02. The lowest BCUT2D eigenvalue weighted by atomic mass is 10.0. The van der Waals surface area contributed by atoms with Gasteiger partial charge in [-0.25, -0.2) is 4.98 Å². The number of rotatable bonds is 2. The van der Waals surface area contributed by atoms with Gasteiger partial charge in [0.05, 0.1) is 16.4 Å². The van der Waals surface area contributed by atoms with Crippen LogP contribution >= 0.6 is 15.9 Å². The molecule has 1 amide bonds. The molecule has 0 aliphatic carbocycles. The summed E-state index contributed by atoms with van der Waals surface area (Å²) in [6.45, 7) is 0. The van der Waals surface area contributed by atoms with Gasteiger partial charge in [0, 0.05) is 12.1 Å². The number of nitrogens with two attached hydrogens (primary N) is 1. The van der Waals surface area contributed by atoms with Crippen LogP contribution < -0.4 is 15.8 Å². The van der Waals surface area contributed by atoms with Crippen LogP contribution in [0.3, 0.4) is 0 Å². The van der Waals surface area contributed by atoms with E-state index >= 15 is 0 Å². The fourth-order valence-corrected chi connectivity index (χ4v) is 2.50. The minimum atomic E-state index is 0.0501. The summed E-state index contributed by atoms with van der Waals surface area (Å²) < 4.78 is 6.43. The van der Waals surface area contributed by atoms with Gasteiger partial charge in [0.1, 0.15) is 5.75 Å². The van der Waals surface area contributed by atoms with Crippen LogP contribution in [0.4, 0.5) is 11.4 Å². The molecule has 0 saturated heterocycles. The second kappa shape index (κ2) is 5.13. The number of carbonyl (C=O) groups is 1. The van der Waals surface area contributed by atoms with Gasteiger partial charge in [-0.05, 0) is 52.2 Å². The molecule has 3 N–H and O–H groups in total. The first kappa shape index (κ1) is 12.9. The first-order chi connectivity index (χ1) is 9.61. The first-order valence-electron chi connectivity index (χ1n) is 6.13. The van der Waals surface area contributed by atoms with E-state index in [1.165, 1.54) is 0 Å². The normalized spacial score (nSPS) is 13.6. The van der Waals surface area contributed by atoms with Gasteiger partial charge in [0.25, 0.3) is 0 Å². The molecule has 0 saturated carbocycles. The number of hydrogen-bond acceptors (Lipinski definition) is 4. The van der Waals surface area contributed by atoms with E-state index in [1.807, 2.05) is 12.1 Å². The molecule has 0 radical (unpaired) electrons. The predicted octanol–water partition coefficient (Wildman–Crippen LogP) is 3.10.